The maximum atomic E-state index is 13.3. The monoisotopic (exact) mass is 461 g/mol. The number of anilines is 2. The molecule has 2 amide bonds. The first kappa shape index (κ1) is 20.4. The first-order valence-electron chi connectivity index (χ1n) is 9.96. The van der Waals surface area contributed by atoms with Crippen molar-refractivity contribution >= 4 is 46.4 Å². The molecule has 0 bridgehead atoms. The Labute approximate surface area is 194 Å². The van der Waals surface area contributed by atoms with Gasteiger partial charge < -0.3 is 14.8 Å². The van der Waals surface area contributed by atoms with Crippen molar-refractivity contribution in [2.45, 2.75) is 6.54 Å². The van der Waals surface area contributed by atoms with Crippen molar-refractivity contribution in [3.05, 3.63) is 112 Å². The minimum absolute atomic E-state index is 0.110. The highest BCUT2D eigenvalue weighted by Gasteiger charge is 2.26. The molecular formula is C25H17Cl2N3O2. The van der Waals surface area contributed by atoms with Crippen molar-refractivity contribution in [1.82, 2.24) is 4.57 Å². The number of aromatic nitrogens is 1. The lowest BCUT2D eigenvalue weighted by Crippen LogP contribution is -2.34. The zero-order chi connectivity index (χ0) is 22.2. The molecule has 158 valence electrons. The van der Waals surface area contributed by atoms with Crippen LogP contribution in [0.15, 0.2) is 85.1 Å². The number of hydrogen-bond donors (Lipinski definition) is 1. The minimum atomic E-state index is -0.373. The summed E-state index contributed by atoms with van der Waals surface area (Å²) >= 11 is 12.1. The molecule has 5 rings (SSSR count). The van der Waals surface area contributed by atoms with Crippen LogP contribution >= 0.6 is 23.2 Å². The lowest BCUT2D eigenvalue weighted by molar-refractivity contribution is 0.0982. The summed E-state index contributed by atoms with van der Waals surface area (Å²) in [6.45, 7) is 0.481. The van der Waals surface area contributed by atoms with Crippen LogP contribution in [0.3, 0.4) is 0 Å². The fraction of sp³-hybridized carbons (Fsp3) is 0.0400. The third kappa shape index (κ3) is 3.55. The van der Waals surface area contributed by atoms with Crippen LogP contribution in [0.2, 0.25) is 10.0 Å². The number of halogens is 2. The predicted molar refractivity (Wildman–Crippen MR) is 127 cm³/mol. The van der Waals surface area contributed by atoms with E-state index in [1.807, 2.05) is 42.6 Å². The molecule has 7 heteroatoms. The molecule has 32 heavy (non-hydrogen) atoms. The summed E-state index contributed by atoms with van der Waals surface area (Å²) in [5, 5.41) is 3.30. The molecule has 3 aromatic carbocycles. The maximum Gasteiger partial charge on any atom is 0.258 e. The Kier molecular flexibility index (Phi) is 5.21. The number of carbonyl (C=O) groups excluding carboxylic acids is 2. The van der Waals surface area contributed by atoms with Gasteiger partial charge in [0.1, 0.15) is 0 Å². The van der Waals surface area contributed by atoms with Crippen LogP contribution in [0.5, 0.6) is 0 Å². The van der Waals surface area contributed by atoms with Crippen LogP contribution in [0, 0.1) is 0 Å². The maximum absolute atomic E-state index is 13.3. The van der Waals surface area contributed by atoms with Gasteiger partial charge in [0, 0.05) is 23.1 Å². The number of fused-ring (bicyclic) bond motifs is 3. The summed E-state index contributed by atoms with van der Waals surface area (Å²) in [5.41, 5.74) is 4.23. The van der Waals surface area contributed by atoms with E-state index >= 15 is 0 Å². The number of nitrogens with zero attached hydrogens (tertiary/aromatic N) is 2. The zero-order valence-corrected chi connectivity index (χ0v) is 18.3. The Bertz CT molecular complexity index is 1350. The van der Waals surface area contributed by atoms with E-state index in [2.05, 4.69) is 9.88 Å². The lowest BCUT2D eigenvalue weighted by atomic mass is 10.1. The molecule has 2 heterocycles. The van der Waals surface area contributed by atoms with Gasteiger partial charge in [-0.3, -0.25) is 9.59 Å². The van der Waals surface area contributed by atoms with E-state index in [0.29, 0.717) is 22.8 Å². The summed E-state index contributed by atoms with van der Waals surface area (Å²) in [4.78, 5) is 27.6. The quantitative estimate of drug-likeness (QED) is 0.394. The van der Waals surface area contributed by atoms with E-state index < -0.39 is 0 Å². The highest BCUT2D eigenvalue weighted by Crippen LogP contribution is 2.33. The number of carbonyl (C=O) groups is 2. The molecule has 1 N–H and O–H groups in total. The standard InChI is InChI=1S/C25H17Cl2N3O2/c26-20-7-3-6-19(23(20)27)24(31)28-17-12-10-16(11-13-17)25(32)30-15-18-5-4-14-29(18)21-8-1-2-9-22(21)30/h1-14H,15H2,(H,28,31). The molecule has 0 saturated carbocycles. The van der Waals surface area contributed by atoms with E-state index in [9.17, 15) is 9.59 Å². The number of nitrogens with one attached hydrogen (secondary N) is 1. The SMILES string of the molecule is O=C(Nc1ccc(C(=O)N2Cc3cccn3-c3ccccc32)cc1)c1cccc(Cl)c1Cl. The van der Waals surface area contributed by atoms with Crippen molar-refractivity contribution in [3.8, 4) is 5.69 Å². The van der Waals surface area contributed by atoms with Gasteiger partial charge >= 0.3 is 0 Å². The summed E-state index contributed by atoms with van der Waals surface area (Å²) in [6.07, 6.45) is 2.00. The highest BCUT2D eigenvalue weighted by molar-refractivity contribution is 6.44. The van der Waals surface area contributed by atoms with Gasteiger partial charge in [-0.25, -0.2) is 0 Å². The van der Waals surface area contributed by atoms with E-state index in [0.717, 1.165) is 17.1 Å². The molecule has 0 saturated heterocycles. The fourth-order valence-electron chi connectivity index (χ4n) is 3.83. The van der Waals surface area contributed by atoms with E-state index in [4.69, 9.17) is 23.2 Å². The molecule has 1 aliphatic heterocycles. The molecule has 0 unspecified atom stereocenters. The predicted octanol–water partition coefficient (Wildman–Crippen LogP) is 6.20. The molecule has 0 aliphatic carbocycles. The number of hydrogen-bond acceptors (Lipinski definition) is 2. The van der Waals surface area contributed by atoms with Gasteiger partial charge in [-0.05, 0) is 60.7 Å². The van der Waals surface area contributed by atoms with Crippen molar-refractivity contribution in [2.24, 2.45) is 0 Å². The first-order chi connectivity index (χ1) is 15.5. The molecular weight excluding hydrogens is 445 g/mol. The van der Waals surface area contributed by atoms with E-state index in [1.54, 1.807) is 47.4 Å². The van der Waals surface area contributed by atoms with Crippen LogP contribution in [0.1, 0.15) is 26.4 Å². The number of rotatable bonds is 3. The van der Waals surface area contributed by atoms with Crippen molar-refractivity contribution in [1.29, 1.82) is 0 Å². The lowest BCUT2D eigenvalue weighted by Gasteiger charge is -2.31. The van der Waals surface area contributed by atoms with Crippen molar-refractivity contribution in [2.75, 3.05) is 10.2 Å². The molecule has 0 fully saturated rings. The van der Waals surface area contributed by atoms with Gasteiger partial charge in [0.25, 0.3) is 11.8 Å². The summed E-state index contributed by atoms with van der Waals surface area (Å²) in [5.74, 6) is -0.483. The number of amides is 2. The Morgan fingerprint density at radius 3 is 2.34 bits per heavy atom. The third-order valence-electron chi connectivity index (χ3n) is 5.42. The normalized spacial score (nSPS) is 12.1. The minimum Gasteiger partial charge on any atom is -0.322 e. The second-order valence-corrected chi connectivity index (χ2v) is 8.17. The van der Waals surface area contributed by atoms with Crippen LogP contribution in [0.4, 0.5) is 11.4 Å². The summed E-state index contributed by atoms with van der Waals surface area (Å²) < 4.78 is 2.10. The van der Waals surface area contributed by atoms with Crippen LogP contribution in [0.25, 0.3) is 5.69 Å². The van der Waals surface area contributed by atoms with Crippen molar-refractivity contribution in [3.63, 3.8) is 0 Å². The van der Waals surface area contributed by atoms with Gasteiger partial charge in [0.05, 0.1) is 33.5 Å². The third-order valence-corrected chi connectivity index (χ3v) is 6.24. The second-order valence-electron chi connectivity index (χ2n) is 7.38. The Hall–Kier alpha value is -3.54. The van der Waals surface area contributed by atoms with E-state index in [-0.39, 0.29) is 22.4 Å². The van der Waals surface area contributed by atoms with Gasteiger partial charge in [-0.1, -0.05) is 41.4 Å². The second kappa shape index (κ2) is 8.19. The van der Waals surface area contributed by atoms with Gasteiger partial charge in [-0.15, -0.1) is 0 Å². The molecule has 5 nitrogen and oxygen atoms in total. The Morgan fingerprint density at radius 1 is 0.812 bits per heavy atom. The summed E-state index contributed by atoms with van der Waals surface area (Å²) in [7, 11) is 0. The smallest absolute Gasteiger partial charge is 0.258 e. The highest BCUT2D eigenvalue weighted by atomic mass is 35.5. The molecule has 1 aromatic heterocycles. The Balaban J connectivity index is 1.37. The first-order valence-corrected chi connectivity index (χ1v) is 10.7. The van der Waals surface area contributed by atoms with Gasteiger partial charge in [0.15, 0.2) is 0 Å². The zero-order valence-electron chi connectivity index (χ0n) is 16.8. The average Bonchev–Trinajstić information content (AvgIpc) is 3.29. The molecule has 4 aromatic rings. The average molecular weight is 462 g/mol. The molecule has 0 spiro atoms. The fourth-order valence-corrected chi connectivity index (χ4v) is 4.22. The van der Waals surface area contributed by atoms with Crippen LogP contribution in [-0.2, 0) is 6.54 Å². The van der Waals surface area contributed by atoms with Crippen LogP contribution in [-0.4, -0.2) is 16.4 Å². The van der Waals surface area contributed by atoms with Crippen molar-refractivity contribution < 1.29 is 9.59 Å². The topological polar surface area (TPSA) is 54.3 Å². The summed E-state index contributed by atoms with van der Waals surface area (Å²) in [6, 6.07) is 23.5. The molecule has 0 atom stereocenters. The van der Waals surface area contributed by atoms with Gasteiger partial charge in [0.2, 0.25) is 0 Å². The molecule has 0 radical (unpaired) electrons. The molecule has 1 aliphatic rings. The van der Waals surface area contributed by atoms with Crippen LogP contribution < -0.4 is 10.2 Å². The number of para-hydroxylation sites is 2. The van der Waals surface area contributed by atoms with E-state index in [1.165, 1.54) is 0 Å². The van der Waals surface area contributed by atoms with Gasteiger partial charge in [-0.2, -0.15) is 0 Å². The largest absolute Gasteiger partial charge is 0.322 e. The Morgan fingerprint density at radius 2 is 1.56 bits per heavy atom. The number of benzene rings is 3.